The number of hydrogen-bond acceptors (Lipinski definition) is 1. The van der Waals surface area contributed by atoms with Crippen LogP contribution in [0.1, 0.15) is 42.0 Å². The van der Waals surface area contributed by atoms with E-state index in [1.165, 1.54) is 41.4 Å². The van der Waals surface area contributed by atoms with Crippen LogP contribution >= 0.6 is 0 Å². The number of benzene rings is 1. The third-order valence-electron chi connectivity index (χ3n) is 4.28. The molecular weight excluding hydrogens is 244 g/mol. The minimum absolute atomic E-state index is 0.688. The molecule has 0 radical (unpaired) electrons. The predicted molar refractivity (Wildman–Crippen MR) is 86.2 cm³/mol. The van der Waals surface area contributed by atoms with E-state index in [4.69, 9.17) is 0 Å². The second-order valence-corrected chi connectivity index (χ2v) is 6.26. The maximum atomic E-state index is 3.60. The molecule has 2 heteroatoms. The van der Waals surface area contributed by atoms with Gasteiger partial charge in [-0.25, -0.2) is 0 Å². The van der Waals surface area contributed by atoms with Crippen LogP contribution in [-0.2, 0) is 6.54 Å². The molecule has 1 aliphatic rings. The minimum Gasteiger partial charge on any atom is -0.358 e. The quantitative estimate of drug-likeness (QED) is 0.819. The molecule has 20 heavy (non-hydrogen) atoms. The van der Waals surface area contributed by atoms with Crippen LogP contribution in [0.25, 0.3) is 10.9 Å². The van der Waals surface area contributed by atoms with Crippen molar-refractivity contribution < 1.29 is 0 Å². The fourth-order valence-electron chi connectivity index (χ4n) is 3.45. The molecule has 1 aromatic carbocycles. The Morgan fingerprint density at radius 2 is 2.10 bits per heavy atom. The Balaban J connectivity index is 2.00. The van der Waals surface area contributed by atoms with Crippen molar-refractivity contribution in [3.05, 3.63) is 47.2 Å². The number of H-pyrrole nitrogens is 1. The highest BCUT2D eigenvalue weighted by molar-refractivity contribution is 5.86. The Labute approximate surface area is 121 Å². The molecule has 0 fully saturated rings. The number of nitrogens with zero attached hydrogens (tertiary/aromatic N) is 1. The summed E-state index contributed by atoms with van der Waals surface area (Å²) in [7, 11) is 4.23. The molecule has 0 amide bonds. The average Bonchev–Trinajstić information content (AvgIpc) is 2.74. The van der Waals surface area contributed by atoms with Crippen LogP contribution in [0.2, 0.25) is 0 Å². The molecule has 0 spiro atoms. The zero-order chi connectivity index (χ0) is 14.1. The van der Waals surface area contributed by atoms with Crippen LogP contribution in [-0.4, -0.2) is 24.0 Å². The van der Waals surface area contributed by atoms with Crippen LogP contribution in [0.4, 0.5) is 0 Å². The van der Waals surface area contributed by atoms with Gasteiger partial charge in [0.15, 0.2) is 0 Å². The summed E-state index contributed by atoms with van der Waals surface area (Å²) < 4.78 is 0. The summed E-state index contributed by atoms with van der Waals surface area (Å²) in [5.41, 5.74) is 5.56. The molecule has 1 N–H and O–H groups in total. The first-order valence-electron chi connectivity index (χ1n) is 7.56. The number of hydrogen-bond donors (Lipinski definition) is 1. The normalized spacial score (nSPS) is 19.1. The van der Waals surface area contributed by atoms with E-state index < -0.39 is 0 Å². The van der Waals surface area contributed by atoms with Gasteiger partial charge in [0.25, 0.3) is 0 Å². The monoisotopic (exact) mass is 268 g/mol. The highest BCUT2D eigenvalue weighted by Crippen LogP contribution is 2.36. The van der Waals surface area contributed by atoms with Gasteiger partial charge < -0.3 is 9.88 Å². The summed E-state index contributed by atoms with van der Waals surface area (Å²) in [5.74, 6) is 0.688. The largest absolute Gasteiger partial charge is 0.358 e. The Bertz CT molecular complexity index is 634. The number of rotatable bonds is 3. The van der Waals surface area contributed by atoms with E-state index in [9.17, 15) is 0 Å². The number of fused-ring (bicyclic) bond motifs is 1. The standard InChI is InChI=1S/C18H24N2/c1-13-18(15-7-5-4-6-8-15)16-10-9-14(12-20(2)3)11-17(16)19-13/h4-5,9-11,15,19H,6-8,12H2,1-3H3. The van der Waals surface area contributed by atoms with Gasteiger partial charge >= 0.3 is 0 Å². The summed E-state index contributed by atoms with van der Waals surface area (Å²) in [5, 5.41) is 1.42. The van der Waals surface area contributed by atoms with Crippen LogP contribution < -0.4 is 0 Å². The molecule has 1 aliphatic carbocycles. The van der Waals surface area contributed by atoms with E-state index in [1.54, 1.807) is 5.56 Å². The number of aromatic nitrogens is 1. The number of aromatic amines is 1. The molecule has 0 bridgehead atoms. The van der Waals surface area contributed by atoms with Crippen molar-refractivity contribution in [2.45, 2.75) is 38.6 Å². The van der Waals surface area contributed by atoms with Crippen LogP contribution in [0, 0.1) is 6.92 Å². The fraction of sp³-hybridized carbons (Fsp3) is 0.444. The summed E-state index contributed by atoms with van der Waals surface area (Å²) in [6.07, 6.45) is 8.34. The number of aryl methyl sites for hydroxylation is 1. The number of nitrogens with one attached hydrogen (secondary N) is 1. The third kappa shape index (κ3) is 2.53. The zero-order valence-electron chi connectivity index (χ0n) is 12.7. The molecule has 1 aromatic heterocycles. The maximum absolute atomic E-state index is 3.60. The topological polar surface area (TPSA) is 19.0 Å². The van der Waals surface area contributed by atoms with Crippen LogP contribution in [0.5, 0.6) is 0 Å². The van der Waals surface area contributed by atoms with Crippen molar-refractivity contribution in [3.63, 3.8) is 0 Å². The summed E-state index contributed by atoms with van der Waals surface area (Å²) in [4.78, 5) is 5.81. The van der Waals surface area contributed by atoms with Gasteiger partial charge in [0.1, 0.15) is 0 Å². The fourth-order valence-corrected chi connectivity index (χ4v) is 3.45. The van der Waals surface area contributed by atoms with Gasteiger partial charge in [0.2, 0.25) is 0 Å². The SMILES string of the molecule is Cc1[nH]c2cc(CN(C)C)ccc2c1C1CC=CCC1. The van der Waals surface area contributed by atoms with Crippen molar-refractivity contribution in [1.29, 1.82) is 0 Å². The first-order chi connectivity index (χ1) is 9.65. The molecule has 3 rings (SSSR count). The first kappa shape index (κ1) is 13.4. The smallest absolute Gasteiger partial charge is 0.0462 e. The van der Waals surface area contributed by atoms with E-state index >= 15 is 0 Å². The Hall–Kier alpha value is -1.54. The lowest BCUT2D eigenvalue weighted by Gasteiger charge is -2.18. The molecular formula is C18H24N2. The molecule has 0 saturated carbocycles. The van der Waals surface area contributed by atoms with Crippen molar-refractivity contribution in [2.24, 2.45) is 0 Å². The van der Waals surface area contributed by atoms with E-state index in [-0.39, 0.29) is 0 Å². The lowest BCUT2D eigenvalue weighted by atomic mass is 9.86. The highest BCUT2D eigenvalue weighted by Gasteiger charge is 2.19. The molecule has 1 heterocycles. The average molecular weight is 268 g/mol. The second-order valence-electron chi connectivity index (χ2n) is 6.26. The van der Waals surface area contributed by atoms with Gasteiger partial charge in [0, 0.05) is 23.1 Å². The molecule has 1 atom stereocenters. The summed E-state index contributed by atoms with van der Waals surface area (Å²) in [6, 6.07) is 6.90. The van der Waals surface area contributed by atoms with Gasteiger partial charge in [-0.05, 0) is 63.4 Å². The molecule has 1 unspecified atom stereocenters. The van der Waals surface area contributed by atoms with Crippen molar-refractivity contribution >= 4 is 10.9 Å². The highest BCUT2D eigenvalue weighted by atomic mass is 15.0. The van der Waals surface area contributed by atoms with E-state index in [1.807, 2.05) is 0 Å². The van der Waals surface area contributed by atoms with Crippen molar-refractivity contribution in [1.82, 2.24) is 9.88 Å². The Morgan fingerprint density at radius 3 is 2.80 bits per heavy atom. The lowest BCUT2D eigenvalue weighted by Crippen LogP contribution is -2.10. The summed E-state index contributed by atoms with van der Waals surface area (Å²) in [6.45, 7) is 3.22. The third-order valence-corrected chi connectivity index (χ3v) is 4.28. The Kier molecular flexibility index (Phi) is 3.66. The second kappa shape index (κ2) is 5.45. The van der Waals surface area contributed by atoms with Gasteiger partial charge in [-0.3, -0.25) is 0 Å². The molecule has 2 nitrogen and oxygen atoms in total. The van der Waals surface area contributed by atoms with E-state index in [2.05, 4.69) is 61.3 Å². The van der Waals surface area contributed by atoms with Gasteiger partial charge in [0.05, 0.1) is 0 Å². The predicted octanol–water partition coefficient (Wildman–Crippen LogP) is 4.36. The zero-order valence-corrected chi connectivity index (χ0v) is 12.7. The number of allylic oxidation sites excluding steroid dienone is 2. The molecule has 0 saturated heterocycles. The Morgan fingerprint density at radius 1 is 1.25 bits per heavy atom. The summed E-state index contributed by atoms with van der Waals surface area (Å²) >= 11 is 0. The molecule has 2 aromatic rings. The minimum atomic E-state index is 0.688. The van der Waals surface area contributed by atoms with Crippen LogP contribution in [0.3, 0.4) is 0 Å². The molecule has 106 valence electrons. The van der Waals surface area contributed by atoms with Gasteiger partial charge in [-0.15, -0.1) is 0 Å². The lowest BCUT2D eigenvalue weighted by molar-refractivity contribution is 0.402. The van der Waals surface area contributed by atoms with Crippen molar-refractivity contribution in [3.8, 4) is 0 Å². The first-order valence-corrected chi connectivity index (χ1v) is 7.56. The van der Waals surface area contributed by atoms with E-state index in [0.717, 1.165) is 6.54 Å². The van der Waals surface area contributed by atoms with Gasteiger partial charge in [-0.2, -0.15) is 0 Å². The van der Waals surface area contributed by atoms with Crippen LogP contribution in [0.15, 0.2) is 30.4 Å². The van der Waals surface area contributed by atoms with E-state index in [0.29, 0.717) is 5.92 Å². The van der Waals surface area contributed by atoms with Gasteiger partial charge in [-0.1, -0.05) is 24.3 Å². The van der Waals surface area contributed by atoms with Crippen molar-refractivity contribution in [2.75, 3.05) is 14.1 Å². The molecule has 0 aliphatic heterocycles. The maximum Gasteiger partial charge on any atom is 0.0462 e.